The maximum Gasteiger partial charge on any atom is 0.107 e. The Morgan fingerprint density at radius 1 is 1.60 bits per heavy atom. The molecule has 15 heavy (non-hydrogen) atoms. The number of hydrogen-bond donors (Lipinski definition) is 2. The standard InChI is InChI=1S/C11H19N3S/c1-8-3-12-5-10(8)6-13-7-11-14-4-9(2)15-11/h4,8,10,12-13H,3,5-7H2,1-2H3. The van der Waals surface area contributed by atoms with E-state index in [1.807, 2.05) is 6.20 Å². The molecule has 0 amide bonds. The van der Waals surface area contributed by atoms with Gasteiger partial charge in [0.2, 0.25) is 0 Å². The van der Waals surface area contributed by atoms with Crippen molar-refractivity contribution in [2.75, 3.05) is 19.6 Å². The van der Waals surface area contributed by atoms with Crippen LogP contribution in [0.25, 0.3) is 0 Å². The molecule has 4 heteroatoms. The molecule has 0 bridgehead atoms. The molecule has 0 radical (unpaired) electrons. The van der Waals surface area contributed by atoms with Crippen molar-refractivity contribution >= 4 is 11.3 Å². The van der Waals surface area contributed by atoms with E-state index in [-0.39, 0.29) is 0 Å². The average molecular weight is 225 g/mol. The van der Waals surface area contributed by atoms with E-state index < -0.39 is 0 Å². The van der Waals surface area contributed by atoms with Gasteiger partial charge in [0.25, 0.3) is 0 Å². The Labute approximate surface area is 95.3 Å². The van der Waals surface area contributed by atoms with Gasteiger partial charge in [0.1, 0.15) is 5.01 Å². The van der Waals surface area contributed by atoms with E-state index >= 15 is 0 Å². The molecule has 2 unspecified atom stereocenters. The maximum absolute atomic E-state index is 4.34. The molecular weight excluding hydrogens is 206 g/mol. The molecule has 1 fully saturated rings. The van der Waals surface area contributed by atoms with E-state index in [2.05, 4.69) is 29.5 Å². The summed E-state index contributed by atoms with van der Waals surface area (Å²) in [4.78, 5) is 5.63. The molecule has 0 aromatic carbocycles. The minimum atomic E-state index is 0.783. The maximum atomic E-state index is 4.34. The van der Waals surface area contributed by atoms with Gasteiger partial charge in [-0.05, 0) is 38.4 Å². The summed E-state index contributed by atoms with van der Waals surface area (Å²) in [5.41, 5.74) is 0. The van der Waals surface area contributed by atoms with Crippen molar-refractivity contribution in [1.29, 1.82) is 0 Å². The second kappa shape index (κ2) is 5.05. The minimum absolute atomic E-state index is 0.783. The second-order valence-corrected chi connectivity index (χ2v) is 5.71. The monoisotopic (exact) mass is 225 g/mol. The van der Waals surface area contributed by atoms with Crippen LogP contribution in [0.1, 0.15) is 16.8 Å². The number of aryl methyl sites for hydroxylation is 1. The van der Waals surface area contributed by atoms with Crippen LogP contribution in [-0.4, -0.2) is 24.6 Å². The molecule has 1 aliphatic heterocycles. The zero-order chi connectivity index (χ0) is 10.7. The van der Waals surface area contributed by atoms with E-state index in [0.29, 0.717) is 0 Å². The van der Waals surface area contributed by atoms with Crippen molar-refractivity contribution in [3.63, 3.8) is 0 Å². The Bertz CT molecular complexity index is 311. The highest BCUT2D eigenvalue weighted by molar-refractivity contribution is 7.11. The largest absolute Gasteiger partial charge is 0.316 e. The highest BCUT2D eigenvalue weighted by atomic mass is 32.1. The Morgan fingerprint density at radius 2 is 2.47 bits per heavy atom. The van der Waals surface area contributed by atoms with Gasteiger partial charge in [-0.25, -0.2) is 4.98 Å². The normalized spacial score (nSPS) is 26.0. The van der Waals surface area contributed by atoms with E-state index in [0.717, 1.165) is 31.5 Å². The Hall–Kier alpha value is -0.450. The lowest BCUT2D eigenvalue weighted by Crippen LogP contribution is -2.26. The van der Waals surface area contributed by atoms with Crippen LogP contribution in [0.15, 0.2) is 6.20 Å². The third-order valence-electron chi connectivity index (χ3n) is 3.03. The van der Waals surface area contributed by atoms with Gasteiger partial charge in [-0.1, -0.05) is 6.92 Å². The second-order valence-electron chi connectivity index (χ2n) is 4.39. The van der Waals surface area contributed by atoms with Crippen LogP contribution in [0, 0.1) is 18.8 Å². The number of nitrogens with one attached hydrogen (secondary N) is 2. The van der Waals surface area contributed by atoms with E-state index in [1.54, 1.807) is 11.3 Å². The van der Waals surface area contributed by atoms with Crippen molar-refractivity contribution in [2.24, 2.45) is 11.8 Å². The summed E-state index contributed by atoms with van der Waals surface area (Å²) >= 11 is 1.78. The zero-order valence-electron chi connectivity index (χ0n) is 9.42. The summed E-state index contributed by atoms with van der Waals surface area (Å²) in [7, 11) is 0. The fraction of sp³-hybridized carbons (Fsp3) is 0.727. The predicted molar refractivity (Wildman–Crippen MR) is 64.1 cm³/mol. The molecule has 3 nitrogen and oxygen atoms in total. The topological polar surface area (TPSA) is 37.0 Å². The summed E-state index contributed by atoms with van der Waals surface area (Å²) in [5.74, 6) is 1.58. The molecule has 0 aliphatic carbocycles. The minimum Gasteiger partial charge on any atom is -0.316 e. The molecule has 1 aliphatic rings. The Kier molecular flexibility index (Phi) is 3.72. The molecule has 2 atom stereocenters. The number of nitrogens with zero attached hydrogens (tertiary/aromatic N) is 1. The summed E-state index contributed by atoms with van der Waals surface area (Å²) in [6.07, 6.45) is 1.95. The van der Waals surface area contributed by atoms with E-state index in [1.165, 1.54) is 16.4 Å². The van der Waals surface area contributed by atoms with Gasteiger partial charge in [0.05, 0.1) is 0 Å². The van der Waals surface area contributed by atoms with Gasteiger partial charge in [0.15, 0.2) is 0 Å². The van der Waals surface area contributed by atoms with Crippen molar-refractivity contribution < 1.29 is 0 Å². The fourth-order valence-corrected chi connectivity index (χ4v) is 2.74. The Morgan fingerprint density at radius 3 is 3.07 bits per heavy atom. The molecule has 1 saturated heterocycles. The molecule has 1 aromatic heterocycles. The van der Waals surface area contributed by atoms with Crippen molar-refractivity contribution in [3.05, 3.63) is 16.1 Å². The smallest absolute Gasteiger partial charge is 0.107 e. The first-order chi connectivity index (χ1) is 7.25. The van der Waals surface area contributed by atoms with Gasteiger partial charge in [-0.15, -0.1) is 11.3 Å². The summed E-state index contributed by atoms with van der Waals surface area (Å²) in [5, 5.41) is 8.12. The molecular formula is C11H19N3S. The van der Waals surface area contributed by atoms with Gasteiger partial charge in [0, 0.05) is 17.6 Å². The van der Waals surface area contributed by atoms with Crippen LogP contribution in [-0.2, 0) is 6.54 Å². The lowest BCUT2D eigenvalue weighted by atomic mass is 9.98. The van der Waals surface area contributed by atoms with Gasteiger partial charge in [-0.2, -0.15) is 0 Å². The van der Waals surface area contributed by atoms with Gasteiger partial charge < -0.3 is 10.6 Å². The van der Waals surface area contributed by atoms with Crippen molar-refractivity contribution in [1.82, 2.24) is 15.6 Å². The SMILES string of the molecule is Cc1cnc(CNCC2CNCC2C)s1. The first-order valence-electron chi connectivity index (χ1n) is 5.58. The summed E-state index contributed by atoms with van der Waals surface area (Å²) < 4.78 is 0. The number of hydrogen-bond acceptors (Lipinski definition) is 4. The van der Waals surface area contributed by atoms with Crippen molar-refractivity contribution in [2.45, 2.75) is 20.4 Å². The third-order valence-corrected chi connectivity index (χ3v) is 3.94. The first kappa shape index (κ1) is 11.0. The van der Waals surface area contributed by atoms with Crippen molar-refractivity contribution in [3.8, 4) is 0 Å². The lowest BCUT2D eigenvalue weighted by molar-refractivity contribution is 0.420. The predicted octanol–water partition coefficient (Wildman–Crippen LogP) is 1.40. The quantitative estimate of drug-likeness (QED) is 0.813. The molecule has 2 N–H and O–H groups in total. The lowest BCUT2D eigenvalue weighted by Gasteiger charge is -2.13. The van der Waals surface area contributed by atoms with Crippen LogP contribution >= 0.6 is 11.3 Å². The zero-order valence-corrected chi connectivity index (χ0v) is 10.2. The van der Waals surface area contributed by atoms with E-state index in [9.17, 15) is 0 Å². The summed E-state index contributed by atoms with van der Waals surface area (Å²) in [6, 6.07) is 0. The first-order valence-corrected chi connectivity index (χ1v) is 6.40. The molecule has 0 saturated carbocycles. The number of rotatable bonds is 4. The molecule has 2 rings (SSSR count). The van der Waals surface area contributed by atoms with Crippen LogP contribution in [0.5, 0.6) is 0 Å². The Balaban J connectivity index is 1.70. The van der Waals surface area contributed by atoms with Crippen LogP contribution in [0.2, 0.25) is 0 Å². The van der Waals surface area contributed by atoms with Gasteiger partial charge >= 0.3 is 0 Å². The third kappa shape index (κ3) is 3.00. The van der Waals surface area contributed by atoms with Crippen LogP contribution < -0.4 is 10.6 Å². The van der Waals surface area contributed by atoms with Gasteiger partial charge in [-0.3, -0.25) is 0 Å². The highest BCUT2D eigenvalue weighted by Gasteiger charge is 2.22. The fourth-order valence-electron chi connectivity index (χ4n) is 1.99. The number of aromatic nitrogens is 1. The molecule has 2 heterocycles. The number of thiazole rings is 1. The molecule has 0 spiro atoms. The average Bonchev–Trinajstić information content (AvgIpc) is 2.77. The molecule has 1 aromatic rings. The molecule has 84 valence electrons. The van der Waals surface area contributed by atoms with Crippen LogP contribution in [0.4, 0.5) is 0 Å². The van der Waals surface area contributed by atoms with E-state index in [4.69, 9.17) is 0 Å². The van der Waals surface area contributed by atoms with Crippen LogP contribution in [0.3, 0.4) is 0 Å². The summed E-state index contributed by atoms with van der Waals surface area (Å²) in [6.45, 7) is 8.77. The highest BCUT2D eigenvalue weighted by Crippen LogP contribution is 2.15.